The first-order valence-electron chi connectivity index (χ1n) is 14.8. The molecule has 0 unspecified atom stereocenters. The lowest BCUT2D eigenvalue weighted by atomic mass is 9.79. The van der Waals surface area contributed by atoms with Crippen LogP contribution in [0.3, 0.4) is 0 Å². The summed E-state index contributed by atoms with van der Waals surface area (Å²) in [5.74, 6) is 0. The van der Waals surface area contributed by atoms with Gasteiger partial charge in [-0.2, -0.15) is 0 Å². The van der Waals surface area contributed by atoms with Crippen molar-refractivity contribution in [1.29, 1.82) is 0 Å². The molecule has 8 rings (SSSR count). The average molecular weight is 535 g/mol. The van der Waals surface area contributed by atoms with E-state index in [1.54, 1.807) is 0 Å². The fraction of sp³-hybridized carbons (Fsp3) is 0.0476. The first kappa shape index (κ1) is 24.6. The second-order valence-electron chi connectivity index (χ2n) is 11.2. The summed E-state index contributed by atoms with van der Waals surface area (Å²) in [4.78, 5) is 0. The largest absolute Gasteiger partial charge is 0.0836 e. The van der Waals surface area contributed by atoms with Crippen molar-refractivity contribution in [3.63, 3.8) is 0 Å². The standard InChI is InChI=1S/C42H30/c1-2-13-31(14-3-1)35-16-6-7-17-36(35)42-39-20-10-8-18-37(39)41(38-19-9-11-21-40(38)42)32-25-22-30(23-26-32)34-27-24-29-12-4-5-15-33(29)28-34/h1-8,10-18,20-28H,9,19H2. The van der Waals surface area contributed by atoms with Gasteiger partial charge in [0.15, 0.2) is 0 Å². The van der Waals surface area contributed by atoms with E-state index in [4.69, 9.17) is 0 Å². The van der Waals surface area contributed by atoms with Crippen molar-refractivity contribution in [2.45, 2.75) is 12.8 Å². The quantitative estimate of drug-likeness (QED) is 0.211. The fourth-order valence-corrected chi connectivity index (χ4v) is 6.77. The Kier molecular flexibility index (Phi) is 6.04. The Bertz CT molecular complexity index is 2110. The van der Waals surface area contributed by atoms with E-state index in [1.165, 1.54) is 77.2 Å². The van der Waals surface area contributed by atoms with E-state index >= 15 is 0 Å². The zero-order valence-electron chi connectivity index (χ0n) is 23.4. The highest BCUT2D eigenvalue weighted by atomic mass is 14.3. The molecule has 0 heteroatoms. The van der Waals surface area contributed by atoms with E-state index in [9.17, 15) is 0 Å². The van der Waals surface area contributed by atoms with Gasteiger partial charge >= 0.3 is 0 Å². The molecule has 0 atom stereocenters. The number of hydrogen-bond donors (Lipinski definition) is 0. The van der Waals surface area contributed by atoms with E-state index in [2.05, 4.69) is 158 Å². The summed E-state index contributed by atoms with van der Waals surface area (Å²) in [5.41, 5.74) is 13.1. The van der Waals surface area contributed by atoms with Crippen LogP contribution in [0.2, 0.25) is 0 Å². The molecule has 7 aromatic carbocycles. The maximum atomic E-state index is 2.37. The normalized spacial score (nSPS) is 12.5. The summed E-state index contributed by atoms with van der Waals surface area (Å²) in [5, 5.41) is 5.18. The summed E-state index contributed by atoms with van der Waals surface area (Å²) in [6, 6.07) is 53.2. The molecular weight excluding hydrogens is 504 g/mol. The van der Waals surface area contributed by atoms with Gasteiger partial charge in [0.2, 0.25) is 0 Å². The van der Waals surface area contributed by atoms with Gasteiger partial charge in [0.05, 0.1) is 0 Å². The van der Waals surface area contributed by atoms with Gasteiger partial charge in [0.25, 0.3) is 0 Å². The van der Waals surface area contributed by atoms with Crippen molar-refractivity contribution in [2.24, 2.45) is 0 Å². The molecule has 0 amide bonds. The second kappa shape index (κ2) is 10.3. The van der Waals surface area contributed by atoms with E-state index in [0.717, 1.165) is 12.8 Å². The summed E-state index contributed by atoms with van der Waals surface area (Å²) in [7, 11) is 0. The molecule has 0 saturated heterocycles. The van der Waals surface area contributed by atoms with Crippen molar-refractivity contribution >= 4 is 27.6 Å². The molecule has 0 heterocycles. The molecule has 0 saturated carbocycles. The molecule has 198 valence electrons. The Balaban J connectivity index is 1.33. The lowest BCUT2D eigenvalue weighted by Crippen LogP contribution is -2.03. The second-order valence-corrected chi connectivity index (χ2v) is 11.2. The predicted molar refractivity (Wildman–Crippen MR) is 181 cm³/mol. The molecule has 0 spiro atoms. The van der Waals surface area contributed by atoms with Crippen LogP contribution in [-0.4, -0.2) is 0 Å². The van der Waals surface area contributed by atoms with Crippen molar-refractivity contribution in [2.75, 3.05) is 0 Å². The number of benzene rings is 7. The Labute approximate surface area is 247 Å². The Morgan fingerprint density at radius 1 is 0.405 bits per heavy atom. The molecule has 0 aromatic heterocycles. The average Bonchev–Trinajstić information content (AvgIpc) is 3.07. The lowest BCUT2D eigenvalue weighted by Gasteiger charge is -2.25. The third-order valence-corrected chi connectivity index (χ3v) is 8.75. The van der Waals surface area contributed by atoms with Gasteiger partial charge in [0, 0.05) is 0 Å². The van der Waals surface area contributed by atoms with Crippen molar-refractivity contribution < 1.29 is 0 Å². The van der Waals surface area contributed by atoms with Gasteiger partial charge in [0.1, 0.15) is 0 Å². The highest BCUT2D eigenvalue weighted by Gasteiger charge is 2.23. The topological polar surface area (TPSA) is 0 Å². The molecule has 0 N–H and O–H groups in total. The number of allylic oxidation sites excluding steroid dienone is 1. The van der Waals surface area contributed by atoms with Gasteiger partial charge in [-0.25, -0.2) is 0 Å². The number of fused-ring (bicyclic) bond motifs is 3. The summed E-state index contributed by atoms with van der Waals surface area (Å²) in [6.07, 6.45) is 6.82. The zero-order chi connectivity index (χ0) is 27.9. The minimum atomic E-state index is 1.04. The monoisotopic (exact) mass is 534 g/mol. The summed E-state index contributed by atoms with van der Waals surface area (Å²) >= 11 is 0. The molecule has 7 aromatic rings. The third-order valence-electron chi connectivity index (χ3n) is 8.75. The van der Waals surface area contributed by atoms with Gasteiger partial charge < -0.3 is 0 Å². The minimum absolute atomic E-state index is 1.04. The summed E-state index contributed by atoms with van der Waals surface area (Å²) in [6.45, 7) is 0. The third kappa shape index (κ3) is 4.16. The molecular formula is C42H30. The van der Waals surface area contributed by atoms with Crippen LogP contribution < -0.4 is 0 Å². The number of hydrogen-bond acceptors (Lipinski definition) is 0. The van der Waals surface area contributed by atoms with Crippen LogP contribution in [0.5, 0.6) is 0 Å². The van der Waals surface area contributed by atoms with Crippen LogP contribution in [0.1, 0.15) is 17.5 Å². The molecule has 0 aliphatic heterocycles. The molecule has 0 nitrogen and oxygen atoms in total. The Morgan fingerprint density at radius 2 is 1.02 bits per heavy atom. The first-order valence-corrected chi connectivity index (χ1v) is 14.8. The smallest absolute Gasteiger partial charge is 0.00235 e. The van der Waals surface area contributed by atoms with Crippen molar-refractivity contribution in [3.05, 3.63) is 163 Å². The van der Waals surface area contributed by atoms with Gasteiger partial charge in [-0.1, -0.05) is 152 Å². The van der Waals surface area contributed by atoms with Crippen LogP contribution >= 0.6 is 0 Å². The lowest BCUT2D eigenvalue weighted by molar-refractivity contribution is 0.991. The molecule has 0 radical (unpaired) electrons. The van der Waals surface area contributed by atoms with Crippen LogP contribution in [0.4, 0.5) is 0 Å². The molecule has 1 aliphatic rings. The fourth-order valence-electron chi connectivity index (χ4n) is 6.77. The van der Waals surface area contributed by atoms with E-state index in [0.29, 0.717) is 0 Å². The molecule has 42 heavy (non-hydrogen) atoms. The Hall–Kier alpha value is -5.20. The van der Waals surface area contributed by atoms with E-state index in [-0.39, 0.29) is 0 Å². The maximum Gasteiger partial charge on any atom is -0.00235 e. The minimum Gasteiger partial charge on any atom is -0.0836 e. The van der Waals surface area contributed by atoms with Crippen LogP contribution in [0.25, 0.3) is 72.1 Å². The van der Waals surface area contributed by atoms with Gasteiger partial charge in [-0.3, -0.25) is 0 Å². The predicted octanol–water partition coefficient (Wildman–Crippen LogP) is 11.6. The SMILES string of the molecule is C1=Cc2c(c(-c3ccc(-c4ccc5ccccc5c4)cc3)c3ccccc3c2-c2ccccc2-c2ccccc2)CC1. The Morgan fingerprint density at radius 3 is 1.83 bits per heavy atom. The van der Waals surface area contributed by atoms with Crippen molar-refractivity contribution in [1.82, 2.24) is 0 Å². The van der Waals surface area contributed by atoms with Gasteiger partial charge in [-0.15, -0.1) is 0 Å². The highest BCUT2D eigenvalue weighted by molar-refractivity contribution is 6.11. The van der Waals surface area contributed by atoms with E-state index in [1.807, 2.05) is 0 Å². The van der Waals surface area contributed by atoms with Crippen LogP contribution in [-0.2, 0) is 6.42 Å². The number of rotatable bonds is 4. The molecule has 0 bridgehead atoms. The molecule has 1 aliphatic carbocycles. The zero-order valence-corrected chi connectivity index (χ0v) is 23.4. The summed E-state index contributed by atoms with van der Waals surface area (Å²) < 4.78 is 0. The van der Waals surface area contributed by atoms with Gasteiger partial charge in [-0.05, 0) is 96.1 Å². The first-order chi connectivity index (χ1) is 20.8. The highest BCUT2D eigenvalue weighted by Crippen LogP contribution is 2.46. The maximum absolute atomic E-state index is 2.37. The molecule has 0 fully saturated rings. The van der Waals surface area contributed by atoms with Crippen molar-refractivity contribution in [3.8, 4) is 44.5 Å². The van der Waals surface area contributed by atoms with E-state index < -0.39 is 0 Å². The van der Waals surface area contributed by atoms with Crippen LogP contribution in [0, 0.1) is 0 Å². The van der Waals surface area contributed by atoms with Crippen LogP contribution in [0.15, 0.2) is 152 Å².